The number of rotatable bonds is 2. The van der Waals surface area contributed by atoms with Crippen LogP contribution in [-0.2, 0) is 25.4 Å². The normalized spacial score (nSPS) is 15.9. The molecule has 0 radical (unpaired) electrons. The highest BCUT2D eigenvalue weighted by Gasteiger charge is 2.33. The van der Waals surface area contributed by atoms with Gasteiger partial charge >= 0.3 is 5.69 Å². The van der Waals surface area contributed by atoms with E-state index >= 15 is 0 Å². The van der Waals surface area contributed by atoms with Gasteiger partial charge in [-0.3, -0.25) is 13.9 Å². The predicted molar refractivity (Wildman–Crippen MR) is 119 cm³/mol. The van der Waals surface area contributed by atoms with E-state index in [1.165, 1.54) is 11.6 Å². The molecule has 1 atom stereocenters. The Hall–Kier alpha value is -3.29. The van der Waals surface area contributed by atoms with Gasteiger partial charge in [0.2, 0.25) is 0 Å². The third-order valence-electron chi connectivity index (χ3n) is 5.87. The molecule has 1 aliphatic heterocycles. The van der Waals surface area contributed by atoms with Crippen LogP contribution in [0.25, 0.3) is 22.2 Å². The molecule has 0 fully saturated rings. The molecular weight excluding hydrogens is 418 g/mol. The first-order valence-corrected chi connectivity index (χ1v) is 10.2. The molecule has 0 unspecified atom stereocenters. The summed E-state index contributed by atoms with van der Waals surface area (Å²) in [5, 5.41) is 10.8. The number of aromatic hydroxyl groups is 1. The molecular formula is C23H20ClN3O4. The van der Waals surface area contributed by atoms with E-state index in [1.807, 2.05) is 12.1 Å². The lowest BCUT2D eigenvalue weighted by Crippen LogP contribution is -2.37. The first kappa shape index (κ1) is 19.7. The van der Waals surface area contributed by atoms with Crippen LogP contribution in [-0.4, -0.2) is 25.4 Å². The Labute approximate surface area is 182 Å². The van der Waals surface area contributed by atoms with Gasteiger partial charge in [-0.1, -0.05) is 35.9 Å². The van der Waals surface area contributed by atoms with E-state index in [1.54, 1.807) is 43.4 Å². The van der Waals surface area contributed by atoms with Gasteiger partial charge < -0.3 is 14.4 Å². The molecule has 0 bridgehead atoms. The van der Waals surface area contributed by atoms with Crippen LogP contribution < -0.4 is 11.2 Å². The van der Waals surface area contributed by atoms with Crippen LogP contribution in [0.2, 0.25) is 5.02 Å². The number of phenols is 1. The lowest BCUT2D eigenvalue weighted by molar-refractivity contribution is 0.0478. The summed E-state index contributed by atoms with van der Waals surface area (Å²) in [6.07, 6.45) is -0.490. The van der Waals surface area contributed by atoms with Gasteiger partial charge in [0.15, 0.2) is 0 Å². The molecule has 0 amide bonds. The molecule has 2 aromatic heterocycles. The summed E-state index contributed by atoms with van der Waals surface area (Å²) in [4.78, 5) is 26.1. The number of halogens is 1. The topological polar surface area (TPSA) is 78.4 Å². The summed E-state index contributed by atoms with van der Waals surface area (Å²) in [5.41, 5.74) is 2.95. The highest BCUT2D eigenvalue weighted by Crippen LogP contribution is 2.40. The quantitative estimate of drug-likeness (QED) is 0.522. The zero-order valence-corrected chi connectivity index (χ0v) is 17.8. The van der Waals surface area contributed by atoms with Crippen molar-refractivity contribution in [1.82, 2.24) is 13.7 Å². The molecule has 0 saturated heterocycles. The number of fused-ring (bicyclic) bond motifs is 3. The molecule has 5 rings (SSSR count). The second-order valence-electron chi connectivity index (χ2n) is 7.66. The average Bonchev–Trinajstić information content (AvgIpc) is 3.13. The second kappa shape index (κ2) is 7.14. The lowest BCUT2D eigenvalue weighted by Gasteiger charge is -2.27. The first-order chi connectivity index (χ1) is 14.9. The van der Waals surface area contributed by atoms with Gasteiger partial charge in [0.05, 0.1) is 28.9 Å². The fourth-order valence-electron chi connectivity index (χ4n) is 4.39. The van der Waals surface area contributed by atoms with Crippen LogP contribution in [0.4, 0.5) is 0 Å². The van der Waals surface area contributed by atoms with Crippen molar-refractivity contribution in [1.29, 1.82) is 0 Å². The zero-order valence-electron chi connectivity index (χ0n) is 17.0. The van der Waals surface area contributed by atoms with Gasteiger partial charge in [-0.05, 0) is 35.4 Å². The molecule has 7 nitrogen and oxygen atoms in total. The van der Waals surface area contributed by atoms with Crippen LogP contribution in [0.5, 0.6) is 5.75 Å². The Morgan fingerprint density at radius 3 is 2.35 bits per heavy atom. The predicted octanol–water partition coefficient (Wildman–Crippen LogP) is 3.18. The van der Waals surface area contributed by atoms with E-state index in [0.29, 0.717) is 29.1 Å². The molecule has 4 aromatic rings. The van der Waals surface area contributed by atoms with Crippen molar-refractivity contribution in [2.45, 2.75) is 12.6 Å². The van der Waals surface area contributed by atoms with E-state index in [2.05, 4.69) is 4.57 Å². The smallest absolute Gasteiger partial charge is 0.331 e. The fraction of sp³-hybridized carbons (Fsp3) is 0.217. The number of hydrogen-bond acceptors (Lipinski definition) is 4. The molecule has 3 heterocycles. The summed E-state index contributed by atoms with van der Waals surface area (Å²) in [7, 11) is 3.15. The number of hydrogen-bond donors (Lipinski definition) is 1. The first-order valence-electron chi connectivity index (χ1n) is 9.87. The molecule has 0 spiro atoms. The van der Waals surface area contributed by atoms with Crippen molar-refractivity contribution < 1.29 is 9.84 Å². The Morgan fingerprint density at radius 2 is 1.68 bits per heavy atom. The number of aromatic nitrogens is 3. The number of benzene rings is 2. The Balaban J connectivity index is 1.93. The van der Waals surface area contributed by atoms with E-state index in [0.717, 1.165) is 27.1 Å². The maximum Gasteiger partial charge on any atom is 0.331 e. The van der Waals surface area contributed by atoms with Gasteiger partial charge in [0, 0.05) is 25.7 Å². The average molecular weight is 438 g/mol. The minimum atomic E-state index is -0.490. The molecule has 8 heteroatoms. The number of ether oxygens (including phenoxy) is 1. The van der Waals surface area contributed by atoms with Crippen molar-refractivity contribution in [3.05, 3.63) is 85.6 Å². The standard InChI is InChI=1S/C23H20ClN3O4/c1-25-19-17(22(29)26(2)23(25)30)18(13-3-7-15(24)8-4-13)27-11-12-31-21(20(19)27)14-5-9-16(28)10-6-14/h3-10,21,28H,11-12H2,1-2H3/t21-/m1/s1. The van der Waals surface area contributed by atoms with Crippen LogP contribution >= 0.6 is 11.6 Å². The third kappa shape index (κ3) is 2.92. The Morgan fingerprint density at radius 1 is 1.00 bits per heavy atom. The SMILES string of the molecule is Cn1c(=O)c2c(-c3ccc(Cl)cc3)n3c(c2n(C)c1=O)[C@@H](c1ccc(O)cc1)OCC3. The van der Waals surface area contributed by atoms with Gasteiger partial charge in [-0.25, -0.2) is 4.79 Å². The number of nitrogens with zero attached hydrogens (tertiary/aromatic N) is 3. The number of aryl methyl sites for hydroxylation is 1. The second-order valence-corrected chi connectivity index (χ2v) is 8.10. The van der Waals surface area contributed by atoms with Gasteiger partial charge in [0.1, 0.15) is 11.9 Å². The molecule has 1 N–H and O–H groups in total. The fourth-order valence-corrected chi connectivity index (χ4v) is 4.52. The van der Waals surface area contributed by atoms with E-state index in [4.69, 9.17) is 16.3 Å². The Kier molecular flexibility index (Phi) is 4.53. The van der Waals surface area contributed by atoms with Gasteiger partial charge in [-0.15, -0.1) is 0 Å². The number of phenolic OH excluding ortho intramolecular Hbond substituents is 1. The molecule has 0 aliphatic carbocycles. The monoisotopic (exact) mass is 437 g/mol. The van der Waals surface area contributed by atoms with Crippen molar-refractivity contribution in [3.63, 3.8) is 0 Å². The van der Waals surface area contributed by atoms with Gasteiger partial charge in [0.25, 0.3) is 5.56 Å². The maximum absolute atomic E-state index is 13.3. The molecule has 2 aromatic carbocycles. The van der Waals surface area contributed by atoms with Crippen LogP contribution in [0.1, 0.15) is 17.4 Å². The minimum Gasteiger partial charge on any atom is -0.508 e. The van der Waals surface area contributed by atoms with Crippen molar-refractivity contribution in [3.8, 4) is 17.0 Å². The summed E-state index contributed by atoms with van der Waals surface area (Å²) in [5.74, 6) is 0.155. The van der Waals surface area contributed by atoms with Crippen molar-refractivity contribution in [2.24, 2.45) is 14.1 Å². The molecule has 1 aliphatic rings. The van der Waals surface area contributed by atoms with E-state index in [-0.39, 0.29) is 11.3 Å². The van der Waals surface area contributed by atoms with Crippen LogP contribution in [0.3, 0.4) is 0 Å². The van der Waals surface area contributed by atoms with Crippen molar-refractivity contribution in [2.75, 3.05) is 6.61 Å². The van der Waals surface area contributed by atoms with Crippen molar-refractivity contribution >= 4 is 22.5 Å². The summed E-state index contributed by atoms with van der Waals surface area (Å²) in [6.45, 7) is 0.974. The van der Waals surface area contributed by atoms with E-state index in [9.17, 15) is 14.7 Å². The summed E-state index contributed by atoms with van der Waals surface area (Å²) >= 11 is 6.09. The van der Waals surface area contributed by atoms with Crippen LogP contribution in [0.15, 0.2) is 58.1 Å². The van der Waals surface area contributed by atoms with Gasteiger partial charge in [-0.2, -0.15) is 0 Å². The maximum atomic E-state index is 13.3. The summed E-state index contributed by atoms with van der Waals surface area (Å²) < 4.78 is 10.8. The molecule has 31 heavy (non-hydrogen) atoms. The summed E-state index contributed by atoms with van der Waals surface area (Å²) in [6, 6.07) is 14.1. The minimum absolute atomic E-state index is 0.155. The highest BCUT2D eigenvalue weighted by molar-refractivity contribution is 6.30. The molecule has 0 saturated carbocycles. The Bertz CT molecular complexity index is 1430. The van der Waals surface area contributed by atoms with Crippen LogP contribution in [0, 0.1) is 0 Å². The lowest BCUT2D eigenvalue weighted by atomic mass is 10.0. The van der Waals surface area contributed by atoms with E-state index < -0.39 is 11.8 Å². The third-order valence-corrected chi connectivity index (χ3v) is 6.12. The molecule has 158 valence electrons. The largest absolute Gasteiger partial charge is 0.508 e. The zero-order chi connectivity index (χ0) is 21.9. The highest BCUT2D eigenvalue weighted by atomic mass is 35.5.